The number of fused-ring (bicyclic) bond motifs is 1. The van der Waals surface area contributed by atoms with Crippen LogP contribution in [-0.2, 0) is 12.6 Å². The van der Waals surface area contributed by atoms with E-state index >= 15 is 0 Å². The van der Waals surface area contributed by atoms with Crippen molar-refractivity contribution in [2.75, 3.05) is 0 Å². The molecule has 21 heavy (non-hydrogen) atoms. The van der Waals surface area contributed by atoms with Gasteiger partial charge in [0, 0.05) is 18.8 Å². The number of alkyl halides is 3. The van der Waals surface area contributed by atoms with Crippen molar-refractivity contribution in [1.82, 2.24) is 9.38 Å². The van der Waals surface area contributed by atoms with Gasteiger partial charge in [0.05, 0.1) is 11.3 Å². The van der Waals surface area contributed by atoms with Gasteiger partial charge in [-0.2, -0.15) is 13.2 Å². The average Bonchev–Trinajstić information content (AvgIpc) is 2.82. The summed E-state index contributed by atoms with van der Waals surface area (Å²) in [5.41, 5.74) is 1.17. The lowest BCUT2D eigenvalue weighted by Crippen LogP contribution is -2.04. The van der Waals surface area contributed by atoms with Crippen molar-refractivity contribution in [2.24, 2.45) is 0 Å². The first kappa shape index (κ1) is 13.5. The van der Waals surface area contributed by atoms with Crippen LogP contribution in [0, 0.1) is 0 Å². The van der Waals surface area contributed by atoms with Crippen molar-refractivity contribution in [3.8, 4) is 5.75 Å². The second-order valence-electron chi connectivity index (χ2n) is 4.73. The van der Waals surface area contributed by atoms with Crippen LogP contribution in [-0.4, -0.2) is 14.5 Å². The zero-order valence-corrected chi connectivity index (χ0v) is 10.8. The molecule has 0 saturated carbocycles. The number of imidazole rings is 1. The van der Waals surface area contributed by atoms with E-state index in [0.717, 1.165) is 17.7 Å². The van der Waals surface area contributed by atoms with Gasteiger partial charge in [0.15, 0.2) is 11.4 Å². The number of aromatic hydroxyl groups is 1. The molecule has 2 aromatic heterocycles. The van der Waals surface area contributed by atoms with Crippen molar-refractivity contribution in [2.45, 2.75) is 12.6 Å². The largest absolute Gasteiger partial charge is 0.504 e. The molecule has 3 nitrogen and oxygen atoms in total. The van der Waals surface area contributed by atoms with Crippen LogP contribution in [0.1, 0.15) is 16.8 Å². The third-order valence-corrected chi connectivity index (χ3v) is 3.18. The summed E-state index contributed by atoms with van der Waals surface area (Å²) in [7, 11) is 0. The van der Waals surface area contributed by atoms with Gasteiger partial charge in [0.2, 0.25) is 0 Å². The van der Waals surface area contributed by atoms with E-state index in [4.69, 9.17) is 0 Å². The van der Waals surface area contributed by atoms with E-state index in [0.29, 0.717) is 17.8 Å². The molecule has 0 saturated heterocycles. The minimum absolute atomic E-state index is 0.0659. The van der Waals surface area contributed by atoms with Crippen molar-refractivity contribution >= 4 is 5.65 Å². The van der Waals surface area contributed by atoms with Gasteiger partial charge in [0.1, 0.15) is 0 Å². The molecule has 0 bridgehead atoms. The van der Waals surface area contributed by atoms with Crippen LogP contribution in [0.4, 0.5) is 13.2 Å². The number of rotatable bonds is 2. The quantitative estimate of drug-likeness (QED) is 0.783. The van der Waals surface area contributed by atoms with Crippen molar-refractivity contribution < 1.29 is 18.3 Å². The van der Waals surface area contributed by atoms with Gasteiger partial charge in [-0.25, -0.2) is 4.98 Å². The Hall–Kier alpha value is -2.50. The predicted molar refractivity (Wildman–Crippen MR) is 71.1 cm³/mol. The van der Waals surface area contributed by atoms with Crippen LogP contribution in [0.2, 0.25) is 0 Å². The normalized spacial score (nSPS) is 12.0. The maximum absolute atomic E-state index is 12.5. The molecule has 3 aromatic rings. The lowest BCUT2D eigenvalue weighted by atomic mass is 10.1. The molecule has 1 aromatic carbocycles. The Kier molecular flexibility index (Phi) is 3.08. The first-order chi connectivity index (χ1) is 9.93. The summed E-state index contributed by atoms with van der Waals surface area (Å²) >= 11 is 0. The fourth-order valence-corrected chi connectivity index (χ4v) is 2.15. The smallest absolute Gasteiger partial charge is 0.416 e. The third kappa shape index (κ3) is 2.69. The van der Waals surface area contributed by atoms with Crippen LogP contribution in [0.15, 0.2) is 48.8 Å². The minimum Gasteiger partial charge on any atom is -0.504 e. The van der Waals surface area contributed by atoms with Crippen LogP contribution in [0.5, 0.6) is 5.75 Å². The zero-order chi connectivity index (χ0) is 15.0. The van der Waals surface area contributed by atoms with E-state index in [1.807, 2.05) is 0 Å². The van der Waals surface area contributed by atoms with Gasteiger partial charge < -0.3 is 9.51 Å². The molecule has 3 rings (SSSR count). The molecule has 0 atom stereocenters. The summed E-state index contributed by atoms with van der Waals surface area (Å²) in [6, 6.07) is 8.21. The molecule has 0 amide bonds. The van der Waals surface area contributed by atoms with Crippen molar-refractivity contribution in [3.63, 3.8) is 0 Å². The van der Waals surface area contributed by atoms with Gasteiger partial charge >= 0.3 is 6.18 Å². The SMILES string of the molecule is Oc1cccn2cc(Cc3ccc(C(F)(F)F)cc3)nc12. The predicted octanol–water partition coefficient (Wildman–Crippen LogP) is 3.65. The molecule has 0 unspecified atom stereocenters. The molecule has 0 aliphatic rings. The number of hydrogen-bond acceptors (Lipinski definition) is 2. The van der Waals surface area contributed by atoms with Crippen LogP contribution in [0.3, 0.4) is 0 Å². The van der Waals surface area contributed by atoms with Crippen LogP contribution >= 0.6 is 0 Å². The van der Waals surface area contributed by atoms with E-state index in [1.165, 1.54) is 18.2 Å². The standard InChI is InChI=1S/C15H11F3N2O/c16-15(17,18)11-5-3-10(4-6-11)8-12-9-20-7-1-2-13(21)14(20)19-12/h1-7,9,21H,8H2. The lowest BCUT2D eigenvalue weighted by molar-refractivity contribution is -0.137. The average molecular weight is 292 g/mol. The van der Waals surface area contributed by atoms with Gasteiger partial charge in [-0.1, -0.05) is 12.1 Å². The van der Waals surface area contributed by atoms with E-state index in [-0.39, 0.29) is 5.75 Å². The summed E-state index contributed by atoms with van der Waals surface area (Å²) in [6.07, 6.45) is -0.433. The van der Waals surface area contributed by atoms with E-state index in [1.54, 1.807) is 22.9 Å². The number of nitrogens with zero attached hydrogens (tertiary/aromatic N) is 2. The topological polar surface area (TPSA) is 37.5 Å². The Morgan fingerprint density at radius 2 is 1.81 bits per heavy atom. The van der Waals surface area contributed by atoms with Crippen LogP contribution in [0.25, 0.3) is 5.65 Å². The molecule has 0 spiro atoms. The van der Waals surface area contributed by atoms with Gasteiger partial charge in [-0.15, -0.1) is 0 Å². The summed E-state index contributed by atoms with van der Waals surface area (Å²) in [5, 5.41) is 9.67. The molecular weight excluding hydrogens is 281 g/mol. The van der Waals surface area contributed by atoms with E-state index in [9.17, 15) is 18.3 Å². The minimum atomic E-state index is -4.33. The Labute approximate surface area is 118 Å². The monoisotopic (exact) mass is 292 g/mol. The number of hydrogen-bond donors (Lipinski definition) is 1. The fourth-order valence-electron chi connectivity index (χ4n) is 2.15. The molecule has 108 valence electrons. The number of aromatic nitrogens is 2. The molecule has 0 aliphatic heterocycles. The fraction of sp³-hybridized carbons (Fsp3) is 0.133. The molecule has 1 N–H and O–H groups in total. The highest BCUT2D eigenvalue weighted by atomic mass is 19.4. The second kappa shape index (κ2) is 4.80. The Balaban J connectivity index is 1.87. The highest BCUT2D eigenvalue weighted by molar-refractivity contribution is 5.53. The van der Waals surface area contributed by atoms with E-state index < -0.39 is 11.7 Å². The number of benzene rings is 1. The molecule has 0 aliphatic carbocycles. The van der Waals surface area contributed by atoms with Gasteiger partial charge in [0.25, 0.3) is 0 Å². The second-order valence-corrected chi connectivity index (χ2v) is 4.73. The van der Waals surface area contributed by atoms with E-state index in [2.05, 4.69) is 4.98 Å². The van der Waals surface area contributed by atoms with Crippen LogP contribution < -0.4 is 0 Å². The van der Waals surface area contributed by atoms with Gasteiger partial charge in [-0.05, 0) is 29.8 Å². The summed E-state index contributed by atoms with van der Waals surface area (Å²) in [6.45, 7) is 0. The Morgan fingerprint density at radius 1 is 1.10 bits per heavy atom. The highest BCUT2D eigenvalue weighted by Gasteiger charge is 2.29. The van der Waals surface area contributed by atoms with Crippen molar-refractivity contribution in [1.29, 1.82) is 0 Å². The van der Waals surface area contributed by atoms with Gasteiger partial charge in [-0.3, -0.25) is 0 Å². The Bertz CT molecular complexity index is 776. The number of halogens is 3. The third-order valence-electron chi connectivity index (χ3n) is 3.18. The first-order valence-electron chi connectivity index (χ1n) is 6.25. The molecule has 0 radical (unpaired) electrons. The highest BCUT2D eigenvalue weighted by Crippen LogP contribution is 2.29. The maximum atomic E-state index is 12.5. The van der Waals surface area contributed by atoms with Crippen molar-refractivity contribution in [3.05, 3.63) is 65.6 Å². The molecule has 0 fully saturated rings. The summed E-state index contributed by atoms with van der Waals surface area (Å²) < 4.78 is 39.1. The zero-order valence-electron chi connectivity index (χ0n) is 10.8. The maximum Gasteiger partial charge on any atom is 0.416 e. The Morgan fingerprint density at radius 3 is 2.43 bits per heavy atom. The molecule has 6 heteroatoms. The molecular formula is C15H11F3N2O. The molecule has 2 heterocycles. The lowest BCUT2D eigenvalue weighted by Gasteiger charge is -2.06. The summed E-state index contributed by atoms with van der Waals surface area (Å²) in [4.78, 5) is 4.27. The first-order valence-corrected chi connectivity index (χ1v) is 6.25. The summed E-state index contributed by atoms with van der Waals surface area (Å²) in [5.74, 6) is 0.0659. The number of pyridine rings is 1.